The van der Waals surface area contributed by atoms with Gasteiger partial charge in [0.05, 0.1) is 37.9 Å². The summed E-state index contributed by atoms with van der Waals surface area (Å²) in [5, 5.41) is 16.1. The molecule has 2 bridgehead atoms. The first kappa shape index (κ1) is 37.7. The number of aliphatic carboxylic acids is 1. The summed E-state index contributed by atoms with van der Waals surface area (Å²) in [6, 6.07) is 3.96. The number of rotatable bonds is 9. The maximum atomic E-state index is 13.6. The van der Waals surface area contributed by atoms with Crippen LogP contribution < -0.4 is 0 Å². The maximum absolute atomic E-state index is 13.6. The van der Waals surface area contributed by atoms with Crippen LogP contribution in [0.1, 0.15) is 107 Å². The molecule has 4 fully saturated rings. The van der Waals surface area contributed by atoms with E-state index in [1.807, 2.05) is 24.5 Å². The van der Waals surface area contributed by atoms with Crippen LogP contribution in [0.5, 0.6) is 0 Å². The average molecular weight is 716 g/mol. The van der Waals surface area contributed by atoms with E-state index in [0.717, 1.165) is 49.9 Å². The number of carboxylic acid groups (broad SMARTS) is 1. The number of pyridine rings is 1. The van der Waals surface area contributed by atoms with Crippen molar-refractivity contribution in [3.8, 4) is 11.4 Å². The Labute approximate surface area is 312 Å². The standard InChI is InChI=1S/C43H65N5O4/c1-27(2)28(3)39(6)18-19-41(8)30-12-13-33-40(7)24-51-25-43(33,31(30)14-17-42(41,9)34(39)37(49)50)22-32(35(40)52-23-38(4,5)47(10)11)48-36(45-26-46-48)29-15-20-44-21-16-29/h14-16,20-21,26-28,30,32-35H,12-13,17-19,22-25H2,1-11H3,(H,49,50)/t28-,30+,32-,33+,34-,35+,39-,40-,41-,42+,43+/m1/s1. The molecule has 2 aromatic heterocycles. The molecule has 3 saturated carbocycles. The highest BCUT2D eigenvalue weighted by molar-refractivity contribution is 5.73. The van der Waals surface area contributed by atoms with E-state index in [4.69, 9.17) is 19.6 Å². The van der Waals surface area contributed by atoms with E-state index in [0.29, 0.717) is 43.5 Å². The van der Waals surface area contributed by atoms with Gasteiger partial charge in [0.1, 0.15) is 6.33 Å². The first-order valence-corrected chi connectivity index (χ1v) is 20.0. The normalized spacial score (nSPS) is 40.8. The first-order chi connectivity index (χ1) is 24.4. The first-order valence-electron chi connectivity index (χ1n) is 20.0. The van der Waals surface area contributed by atoms with E-state index in [9.17, 15) is 9.90 Å². The molecule has 286 valence electrons. The predicted octanol–water partition coefficient (Wildman–Crippen LogP) is 8.20. The Morgan fingerprint density at radius 1 is 1.08 bits per heavy atom. The summed E-state index contributed by atoms with van der Waals surface area (Å²) in [5.74, 6) is 1.23. The molecule has 52 heavy (non-hydrogen) atoms. The number of hydrogen-bond acceptors (Lipinski definition) is 7. The van der Waals surface area contributed by atoms with Gasteiger partial charge in [0, 0.05) is 34.3 Å². The fourth-order valence-corrected chi connectivity index (χ4v) is 12.7. The molecule has 3 heterocycles. The number of carbonyl (C=O) groups is 1. The van der Waals surface area contributed by atoms with Crippen LogP contribution in [-0.4, -0.2) is 81.3 Å². The molecule has 11 atom stereocenters. The summed E-state index contributed by atoms with van der Waals surface area (Å²) in [5.41, 5.74) is 1.14. The number of likely N-dealkylation sites (N-methyl/N-ethyl adjacent to an activating group) is 1. The van der Waals surface area contributed by atoms with Crippen molar-refractivity contribution in [1.29, 1.82) is 0 Å². The highest BCUT2D eigenvalue weighted by Crippen LogP contribution is 2.75. The van der Waals surface area contributed by atoms with Gasteiger partial charge in [-0.05, 0) is 119 Å². The highest BCUT2D eigenvalue weighted by Gasteiger charge is 2.72. The van der Waals surface area contributed by atoms with Crippen LogP contribution >= 0.6 is 0 Å². The van der Waals surface area contributed by atoms with Crippen molar-refractivity contribution < 1.29 is 19.4 Å². The summed E-state index contributed by atoms with van der Waals surface area (Å²) in [6.45, 7) is 22.7. The highest BCUT2D eigenvalue weighted by atomic mass is 16.5. The van der Waals surface area contributed by atoms with Gasteiger partial charge in [-0.1, -0.05) is 60.1 Å². The van der Waals surface area contributed by atoms with Crippen LogP contribution in [0, 0.1) is 56.7 Å². The number of carboxylic acids is 1. The van der Waals surface area contributed by atoms with E-state index in [-0.39, 0.29) is 44.8 Å². The Balaban J connectivity index is 1.35. The molecule has 9 heteroatoms. The van der Waals surface area contributed by atoms with Crippen molar-refractivity contribution in [3.63, 3.8) is 0 Å². The fraction of sp³-hybridized carbons (Fsp3) is 0.767. The van der Waals surface area contributed by atoms with Crippen LogP contribution in [0.3, 0.4) is 0 Å². The van der Waals surface area contributed by atoms with Crippen LogP contribution in [0.4, 0.5) is 0 Å². The molecule has 0 aromatic carbocycles. The van der Waals surface area contributed by atoms with Gasteiger partial charge in [0.25, 0.3) is 0 Å². The smallest absolute Gasteiger partial charge is 0.307 e. The molecule has 9 nitrogen and oxygen atoms in total. The lowest BCUT2D eigenvalue weighted by molar-refractivity contribution is -0.253. The van der Waals surface area contributed by atoms with Crippen LogP contribution in [-0.2, 0) is 14.3 Å². The lowest BCUT2D eigenvalue weighted by Gasteiger charge is -2.71. The van der Waals surface area contributed by atoms with Gasteiger partial charge in [0.2, 0.25) is 0 Å². The molecule has 0 spiro atoms. The minimum atomic E-state index is -0.617. The third-order valence-corrected chi connectivity index (χ3v) is 16.7. The van der Waals surface area contributed by atoms with Gasteiger partial charge in [-0.2, -0.15) is 5.10 Å². The van der Waals surface area contributed by atoms with Crippen molar-refractivity contribution >= 4 is 5.97 Å². The topological polar surface area (TPSA) is 103 Å². The third kappa shape index (κ3) is 5.25. The van der Waals surface area contributed by atoms with Gasteiger partial charge in [-0.15, -0.1) is 0 Å². The molecule has 1 aliphatic heterocycles. The molecule has 5 aliphatic rings. The van der Waals surface area contributed by atoms with Crippen molar-refractivity contribution in [1.82, 2.24) is 24.6 Å². The summed E-state index contributed by atoms with van der Waals surface area (Å²) >= 11 is 0. The van der Waals surface area contributed by atoms with Crippen molar-refractivity contribution in [2.45, 2.75) is 119 Å². The van der Waals surface area contributed by atoms with Gasteiger partial charge in [-0.25, -0.2) is 9.67 Å². The summed E-state index contributed by atoms with van der Waals surface area (Å²) < 4.78 is 16.2. The van der Waals surface area contributed by atoms with E-state index < -0.39 is 11.9 Å². The second kappa shape index (κ2) is 12.7. The number of nitrogens with zero attached hydrogens (tertiary/aromatic N) is 5. The average Bonchev–Trinajstić information content (AvgIpc) is 3.58. The van der Waals surface area contributed by atoms with Gasteiger partial charge in [0.15, 0.2) is 5.82 Å². The molecular formula is C43H65N5O4. The Morgan fingerprint density at radius 3 is 2.44 bits per heavy atom. The monoisotopic (exact) mass is 716 g/mol. The van der Waals surface area contributed by atoms with Crippen molar-refractivity contribution in [2.75, 3.05) is 33.9 Å². The van der Waals surface area contributed by atoms with Crippen LogP contribution in [0.15, 0.2) is 42.5 Å². The molecule has 4 aliphatic carbocycles. The maximum Gasteiger partial charge on any atom is 0.307 e. The lowest BCUT2D eigenvalue weighted by Crippen LogP contribution is -2.69. The Bertz CT molecular complexity index is 1690. The fourth-order valence-electron chi connectivity index (χ4n) is 12.7. The number of allylic oxidation sites excluding steroid dienone is 1. The van der Waals surface area contributed by atoms with E-state index in [2.05, 4.69) is 97.1 Å². The Kier molecular flexibility index (Phi) is 9.22. The quantitative estimate of drug-likeness (QED) is 0.260. The van der Waals surface area contributed by atoms with E-state index in [1.165, 1.54) is 5.57 Å². The second-order valence-corrected chi connectivity index (χ2v) is 19.8. The van der Waals surface area contributed by atoms with Crippen molar-refractivity contribution in [3.05, 3.63) is 42.5 Å². The Morgan fingerprint density at radius 2 is 1.79 bits per heavy atom. The Hall–Kier alpha value is -2.62. The molecule has 1 saturated heterocycles. The molecule has 2 aromatic rings. The zero-order valence-corrected chi connectivity index (χ0v) is 33.8. The second-order valence-electron chi connectivity index (χ2n) is 19.8. The number of aromatic nitrogens is 4. The zero-order chi connectivity index (χ0) is 37.6. The number of fused-ring (bicyclic) bond motifs is 3. The molecule has 0 unspecified atom stereocenters. The van der Waals surface area contributed by atoms with Gasteiger partial charge < -0.3 is 19.5 Å². The van der Waals surface area contributed by atoms with Gasteiger partial charge >= 0.3 is 5.97 Å². The lowest BCUT2D eigenvalue weighted by atomic mass is 9.34. The molecular weight excluding hydrogens is 651 g/mol. The van der Waals surface area contributed by atoms with Crippen molar-refractivity contribution in [2.24, 2.45) is 56.7 Å². The van der Waals surface area contributed by atoms with Crippen LogP contribution in [0.2, 0.25) is 0 Å². The summed E-state index contributed by atoms with van der Waals surface area (Å²) in [7, 11) is 4.24. The number of ether oxygens (including phenoxy) is 2. The van der Waals surface area contributed by atoms with E-state index >= 15 is 0 Å². The molecule has 0 radical (unpaired) electrons. The zero-order valence-electron chi connectivity index (χ0n) is 33.8. The molecule has 0 amide bonds. The van der Waals surface area contributed by atoms with Crippen LogP contribution in [0.25, 0.3) is 11.4 Å². The predicted molar refractivity (Wildman–Crippen MR) is 203 cm³/mol. The largest absolute Gasteiger partial charge is 0.481 e. The SMILES string of the molecule is CC(C)[C@@H](C)[C@@]1(C)CC[C@]2(C)[C@H]3CC[C@@H]4[C@@]5(COC[C@@]4(C)[C@@H](OCC(C)(C)N(C)C)[C@H](n4ncnc4-c4ccncc4)C5)C3=CC[C@@]2(C)[C@@H]1C(=O)O. The molecule has 1 N–H and O–H groups in total. The minimum Gasteiger partial charge on any atom is -0.481 e. The number of hydrogen-bond donors (Lipinski definition) is 1. The van der Waals surface area contributed by atoms with Gasteiger partial charge in [-0.3, -0.25) is 9.78 Å². The summed E-state index contributed by atoms with van der Waals surface area (Å²) in [4.78, 5) is 24.9. The third-order valence-electron chi connectivity index (χ3n) is 16.7. The van der Waals surface area contributed by atoms with E-state index in [1.54, 1.807) is 6.33 Å². The summed E-state index contributed by atoms with van der Waals surface area (Å²) in [6.07, 6.45) is 13.5. The molecule has 7 rings (SSSR count). The minimum absolute atomic E-state index is 0.0668.